The molecule has 0 radical (unpaired) electrons. The molecule has 0 saturated carbocycles. The summed E-state index contributed by atoms with van der Waals surface area (Å²) in [5.74, 6) is 0.315. The zero-order valence-corrected chi connectivity index (χ0v) is 9.69. The molecule has 0 aromatic heterocycles. The monoisotopic (exact) mass is 214 g/mol. The number of amidine groups is 1. The van der Waals surface area contributed by atoms with Crippen LogP contribution in [0.1, 0.15) is 19.3 Å². The van der Waals surface area contributed by atoms with E-state index in [4.69, 9.17) is 10.9 Å². The lowest BCUT2D eigenvalue weighted by Crippen LogP contribution is -2.42. The lowest BCUT2D eigenvalue weighted by molar-refractivity contribution is 0.147. The third-order valence-corrected chi connectivity index (χ3v) is 3.16. The van der Waals surface area contributed by atoms with E-state index in [9.17, 15) is 0 Å². The van der Waals surface area contributed by atoms with Crippen molar-refractivity contribution in [2.75, 3.05) is 33.7 Å². The molecule has 0 atom stereocenters. The highest BCUT2D eigenvalue weighted by molar-refractivity contribution is 5.79. The molecule has 0 aromatic rings. The molecule has 0 spiro atoms. The molecule has 1 fully saturated rings. The van der Waals surface area contributed by atoms with Crippen molar-refractivity contribution < 1.29 is 5.21 Å². The van der Waals surface area contributed by atoms with Gasteiger partial charge >= 0.3 is 0 Å². The highest BCUT2D eigenvalue weighted by atomic mass is 16.4. The van der Waals surface area contributed by atoms with Crippen molar-refractivity contribution in [1.82, 2.24) is 9.80 Å². The van der Waals surface area contributed by atoms with Crippen molar-refractivity contribution in [3.63, 3.8) is 0 Å². The topological polar surface area (TPSA) is 65.1 Å². The van der Waals surface area contributed by atoms with Crippen molar-refractivity contribution >= 4 is 5.84 Å². The average Bonchev–Trinajstić information content (AvgIpc) is 2.26. The maximum atomic E-state index is 8.43. The van der Waals surface area contributed by atoms with Crippen LogP contribution in [-0.2, 0) is 0 Å². The molecular formula is C10H22N4O. The van der Waals surface area contributed by atoms with Crippen LogP contribution in [0.4, 0.5) is 0 Å². The minimum atomic E-state index is 0.315. The number of likely N-dealkylation sites (tertiary alicyclic amines) is 1. The molecule has 5 nitrogen and oxygen atoms in total. The quantitative estimate of drug-likeness (QED) is 0.302. The van der Waals surface area contributed by atoms with Gasteiger partial charge in [0.2, 0.25) is 0 Å². The highest BCUT2D eigenvalue weighted by Crippen LogP contribution is 2.13. The zero-order valence-electron chi connectivity index (χ0n) is 9.69. The number of hydrogen-bond donors (Lipinski definition) is 2. The van der Waals surface area contributed by atoms with Crippen LogP contribution < -0.4 is 5.73 Å². The van der Waals surface area contributed by atoms with Crippen LogP contribution in [0.2, 0.25) is 0 Å². The molecule has 1 heterocycles. The fraction of sp³-hybridized carbons (Fsp3) is 0.900. The molecule has 1 aliphatic heterocycles. The molecule has 0 aliphatic carbocycles. The first kappa shape index (κ1) is 12.3. The Bertz CT molecular complexity index is 211. The van der Waals surface area contributed by atoms with Crippen molar-refractivity contribution in [2.45, 2.75) is 25.3 Å². The second-order valence-electron chi connectivity index (χ2n) is 4.36. The summed E-state index contributed by atoms with van der Waals surface area (Å²) in [6.45, 7) is 3.20. The second-order valence-corrected chi connectivity index (χ2v) is 4.36. The van der Waals surface area contributed by atoms with Crippen molar-refractivity contribution in [2.24, 2.45) is 10.9 Å². The predicted molar refractivity (Wildman–Crippen MR) is 61.2 cm³/mol. The van der Waals surface area contributed by atoms with Crippen LogP contribution in [0, 0.1) is 0 Å². The van der Waals surface area contributed by atoms with Gasteiger partial charge in [-0.15, -0.1) is 0 Å². The summed E-state index contributed by atoms with van der Waals surface area (Å²) in [6, 6.07) is 0.646. The third-order valence-electron chi connectivity index (χ3n) is 3.16. The first-order valence-electron chi connectivity index (χ1n) is 5.48. The third kappa shape index (κ3) is 4.05. The summed E-state index contributed by atoms with van der Waals surface area (Å²) in [5, 5.41) is 11.4. The molecule has 1 rings (SSSR count). The summed E-state index contributed by atoms with van der Waals surface area (Å²) >= 11 is 0. The molecular weight excluding hydrogens is 192 g/mol. The van der Waals surface area contributed by atoms with E-state index in [1.807, 2.05) is 0 Å². The Balaban J connectivity index is 2.25. The van der Waals surface area contributed by atoms with E-state index in [1.54, 1.807) is 0 Å². The van der Waals surface area contributed by atoms with Crippen molar-refractivity contribution in [1.29, 1.82) is 0 Å². The number of oxime groups is 1. The van der Waals surface area contributed by atoms with Gasteiger partial charge in [0.25, 0.3) is 0 Å². The molecule has 3 N–H and O–H groups in total. The minimum Gasteiger partial charge on any atom is -0.409 e. The molecule has 1 aliphatic rings. The average molecular weight is 214 g/mol. The first-order chi connectivity index (χ1) is 7.13. The normalized spacial score (nSPS) is 21.1. The smallest absolute Gasteiger partial charge is 0.140 e. The van der Waals surface area contributed by atoms with Gasteiger partial charge in [-0.1, -0.05) is 5.16 Å². The number of nitrogens with zero attached hydrogens (tertiary/aromatic N) is 3. The van der Waals surface area contributed by atoms with Crippen molar-refractivity contribution in [3.8, 4) is 0 Å². The maximum Gasteiger partial charge on any atom is 0.140 e. The standard InChI is InChI=1S/C10H22N4O/c1-13-6-3-9(4-7-13)14(2)8-5-10(11)12-15/h9,15H,3-8H2,1-2H3,(H2,11,12). The predicted octanol–water partition coefficient (Wildman–Crippen LogP) is 0.149. The summed E-state index contributed by atoms with van der Waals surface area (Å²) in [6.07, 6.45) is 3.06. The fourth-order valence-corrected chi connectivity index (χ4v) is 1.96. The number of rotatable bonds is 4. The Morgan fingerprint density at radius 1 is 1.53 bits per heavy atom. The van der Waals surface area contributed by atoms with E-state index >= 15 is 0 Å². The lowest BCUT2D eigenvalue weighted by Gasteiger charge is -2.35. The molecule has 0 bridgehead atoms. The largest absolute Gasteiger partial charge is 0.409 e. The first-order valence-corrected chi connectivity index (χ1v) is 5.48. The van der Waals surface area contributed by atoms with Gasteiger partial charge in [0.15, 0.2) is 0 Å². The highest BCUT2D eigenvalue weighted by Gasteiger charge is 2.20. The maximum absolute atomic E-state index is 8.43. The van der Waals surface area contributed by atoms with Gasteiger partial charge in [-0.05, 0) is 40.0 Å². The Hall–Kier alpha value is -0.810. The summed E-state index contributed by atoms with van der Waals surface area (Å²) in [7, 11) is 4.27. The molecule has 88 valence electrons. The fourth-order valence-electron chi connectivity index (χ4n) is 1.96. The van der Waals surface area contributed by atoms with E-state index < -0.39 is 0 Å². The van der Waals surface area contributed by atoms with Crippen LogP contribution in [0.15, 0.2) is 5.16 Å². The number of nitrogens with two attached hydrogens (primary N) is 1. The van der Waals surface area contributed by atoms with E-state index in [-0.39, 0.29) is 0 Å². The van der Waals surface area contributed by atoms with Gasteiger partial charge in [-0.25, -0.2) is 0 Å². The van der Waals surface area contributed by atoms with Crippen LogP contribution in [0.3, 0.4) is 0 Å². The van der Waals surface area contributed by atoms with Gasteiger partial charge in [0.05, 0.1) is 0 Å². The summed E-state index contributed by atoms with van der Waals surface area (Å²) in [5.41, 5.74) is 5.44. The Kier molecular flexibility index (Phi) is 4.84. The summed E-state index contributed by atoms with van der Waals surface area (Å²) < 4.78 is 0. The van der Waals surface area contributed by atoms with Gasteiger partial charge < -0.3 is 20.7 Å². The Morgan fingerprint density at radius 3 is 2.67 bits per heavy atom. The molecule has 1 saturated heterocycles. The molecule has 0 amide bonds. The Labute approximate surface area is 91.5 Å². The molecule has 5 heteroatoms. The lowest BCUT2D eigenvalue weighted by atomic mass is 10.0. The zero-order chi connectivity index (χ0) is 11.3. The molecule has 15 heavy (non-hydrogen) atoms. The van der Waals surface area contributed by atoms with Gasteiger partial charge in [0, 0.05) is 19.0 Å². The molecule has 0 aromatic carbocycles. The SMILES string of the molecule is CN1CCC(N(C)CC/C(N)=N/O)CC1. The number of piperidine rings is 1. The van der Waals surface area contributed by atoms with E-state index in [0.717, 1.165) is 6.54 Å². The van der Waals surface area contributed by atoms with E-state index in [1.165, 1.54) is 25.9 Å². The van der Waals surface area contributed by atoms with Crippen LogP contribution in [-0.4, -0.2) is 60.6 Å². The van der Waals surface area contributed by atoms with Crippen molar-refractivity contribution in [3.05, 3.63) is 0 Å². The summed E-state index contributed by atoms with van der Waals surface area (Å²) in [4.78, 5) is 4.67. The van der Waals surface area contributed by atoms with Gasteiger partial charge in [-0.3, -0.25) is 0 Å². The van der Waals surface area contributed by atoms with Gasteiger partial charge in [0.1, 0.15) is 5.84 Å². The molecule has 0 unspecified atom stereocenters. The number of hydrogen-bond acceptors (Lipinski definition) is 4. The van der Waals surface area contributed by atoms with Crippen LogP contribution in [0.5, 0.6) is 0 Å². The van der Waals surface area contributed by atoms with Crippen LogP contribution >= 0.6 is 0 Å². The van der Waals surface area contributed by atoms with Crippen LogP contribution in [0.25, 0.3) is 0 Å². The second kappa shape index (κ2) is 5.92. The minimum absolute atomic E-state index is 0.315. The van der Waals surface area contributed by atoms with E-state index in [0.29, 0.717) is 18.3 Å². The Morgan fingerprint density at radius 2 is 2.13 bits per heavy atom. The van der Waals surface area contributed by atoms with E-state index in [2.05, 4.69) is 29.1 Å². The van der Waals surface area contributed by atoms with Gasteiger partial charge in [-0.2, -0.15) is 0 Å².